The lowest BCUT2D eigenvalue weighted by molar-refractivity contribution is -0.143. The van der Waals surface area contributed by atoms with Gasteiger partial charge in [-0.2, -0.15) is 5.26 Å². The van der Waals surface area contributed by atoms with Gasteiger partial charge in [-0.25, -0.2) is 9.59 Å². The summed E-state index contributed by atoms with van der Waals surface area (Å²) in [5.74, 6) is -2.50. The zero-order valence-electron chi connectivity index (χ0n) is 14.6. The van der Waals surface area contributed by atoms with Gasteiger partial charge in [0.2, 0.25) is 0 Å². The van der Waals surface area contributed by atoms with Gasteiger partial charge >= 0.3 is 11.9 Å². The fourth-order valence-corrected chi connectivity index (χ4v) is 2.95. The number of dihydropyridines is 1. The number of carbonyl (C=O) groups is 2. The normalized spacial score (nSPS) is 17.2. The maximum absolute atomic E-state index is 12.6. The number of nitrogens with one attached hydrogen (secondary N) is 1. The third-order valence-electron chi connectivity index (χ3n) is 3.90. The lowest BCUT2D eigenvalue weighted by atomic mass is 9.80. The Hall–Kier alpha value is -3.07. The van der Waals surface area contributed by atoms with Gasteiger partial charge in [-0.05, 0) is 45.4 Å². The highest BCUT2D eigenvalue weighted by Gasteiger charge is 2.37. The number of carboxylic acid groups (broad SMARTS) is 1. The predicted molar refractivity (Wildman–Crippen MR) is 91.3 cm³/mol. The smallest absolute Gasteiger partial charge is 0.337 e. The van der Waals surface area contributed by atoms with E-state index in [-0.39, 0.29) is 17.3 Å². The molecular weight excluding hydrogens is 320 g/mol. The van der Waals surface area contributed by atoms with E-state index in [0.717, 1.165) is 0 Å². The van der Waals surface area contributed by atoms with E-state index < -0.39 is 17.9 Å². The Bertz CT molecular complexity index is 828. The van der Waals surface area contributed by atoms with Gasteiger partial charge in [0.1, 0.15) is 0 Å². The number of allylic oxidation sites excluding steroid dienone is 2. The molecule has 1 unspecified atom stereocenters. The third-order valence-corrected chi connectivity index (χ3v) is 3.90. The van der Waals surface area contributed by atoms with Crippen LogP contribution in [0.5, 0.6) is 0 Å². The summed E-state index contributed by atoms with van der Waals surface area (Å²) in [5.41, 5.74) is 2.27. The third kappa shape index (κ3) is 3.72. The molecule has 6 heteroatoms. The second kappa shape index (κ2) is 7.22. The summed E-state index contributed by atoms with van der Waals surface area (Å²) in [4.78, 5) is 24.5. The molecule has 1 aromatic rings. The van der Waals surface area contributed by atoms with Gasteiger partial charge in [0, 0.05) is 11.4 Å². The molecule has 2 N–H and O–H groups in total. The molecule has 1 aromatic carbocycles. The van der Waals surface area contributed by atoms with Crippen molar-refractivity contribution in [2.45, 2.75) is 39.7 Å². The number of aliphatic carboxylic acids is 1. The Labute approximate surface area is 146 Å². The number of benzene rings is 1. The Morgan fingerprint density at radius 2 is 1.88 bits per heavy atom. The molecule has 0 aromatic heterocycles. The van der Waals surface area contributed by atoms with E-state index in [0.29, 0.717) is 22.5 Å². The van der Waals surface area contributed by atoms with Gasteiger partial charge in [-0.15, -0.1) is 0 Å². The molecule has 1 heterocycles. The lowest BCUT2D eigenvalue weighted by Crippen LogP contribution is -2.32. The molecule has 0 radical (unpaired) electrons. The summed E-state index contributed by atoms with van der Waals surface area (Å²) in [6, 6.07) is 8.65. The number of rotatable bonds is 4. The first kappa shape index (κ1) is 18.3. The molecule has 1 atom stereocenters. The van der Waals surface area contributed by atoms with Crippen LogP contribution in [-0.4, -0.2) is 23.1 Å². The van der Waals surface area contributed by atoms with Crippen LogP contribution in [0, 0.1) is 11.3 Å². The van der Waals surface area contributed by atoms with Crippen LogP contribution >= 0.6 is 0 Å². The van der Waals surface area contributed by atoms with Crippen LogP contribution in [0.15, 0.2) is 46.8 Å². The van der Waals surface area contributed by atoms with Crippen LogP contribution in [0.1, 0.15) is 44.7 Å². The molecule has 130 valence electrons. The van der Waals surface area contributed by atoms with Crippen molar-refractivity contribution in [2.24, 2.45) is 0 Å². The SMILES string of the molecule is CC1=C(C(=O)O)C(c2cccc(C#N)c2)C(C(=O)OC(C)C)=C(C)N1. The van der Waals surface area contributed by atoms with E-state index in [4.69, 9.17) is 10.00 Å². The number of nitriles is 1. The van der Waals surface area contributed by atoms with Crippen LogP contribution in [0.4, 0.5) is 0 Å². The monoisotopic (exact) mass is 340 g/mol. The standard InChI is InChI=1S/C19H20N2O4/c1-10(2)25-19(24)16-12(4)21-11(3)15(18(22)23)17(16)14-7-5-6-13(8-14)9-20/h5-8,10,17,21H,1-4H3,(H,22,23). The second-order valence-electron chi connectivity index (χ2n) is 6.13. The maximum atomic E-state index is 12.6. The van der Waals surface area contributed by atoms with Crippen molar-refractivity contribution >= 4 is 11.9 Å². The minimum atomic E-state index is -1.13. The highest BCUT2D eigenvalue weighted by atomic mass is 16.5. The van der Waals surface area contributed by atoms with Gasteiger partial charge < -0.3 is 15.2 Å². The lowest BCUT2D eigenvalue weighted by Gasteiger charge is -2.30. The minimum absolute atomic E-state index is 0.0661. The Morgan fingerprint density at radius 3 is 2.44 bits per heavy atom. The molecule has 0 amide bonds. The van der Waals surface area contributed by atoms with Crippen molar-refractivity contribution in [1.82, 2.24) is 5.32 Å². The molecule has 0 spiro atoms. The molecule has 0 saturated heterocycles. The van der Waals surface area contributed by atoms with Gasteiger partial charge in [-0.3, -0.25) is 0 Å². The highest BCUT2D eigenvalue weighted by Crippen LogP contribution is 2.39. The van der Waals surface area contributed by atoms with Crippen molar-refractivity contribution in [2.75, 3.05) is 0 Å². The van der Waals surface area contributed by atoms with Crippen molar-refractivity contribution in [3.63, 3.8) is 0 Å². The topological polar surface area (TPSA) is 99.4 Å². The van der Waals surface area contributed by atoms with Crippen LogP contribution in [0.25, 0.3) is 0 Å². The summed E-state index contributed by atoms with van der Waals surface area (Å²) < 4.78 is 5.31. The van der Waals surface area contributed by atoms with E-state index >= 15 is 0 Å². The van der Waals surface area contributed by atoms with Crippen molar-refractivity contribution in [3.8, 4) is 6.07 Å². The summed E-state index contributed by atoms with van der Waals surface area (Å²) in [7, 11) is 0. The largest absolute Gasteiger partial charge is 0.478 e. The van der Waals surface area contributed by atoms with Gasteiger partial charge in [0.15, 0.2) is 0 Å². The molecule has 0 bridgehead atoms. The number of ether oxygens (including phenoxy) is 1. The quantitative estimate of drug-likeness (QED) is 0.818. The van der Waals surface area contributed by atoms with E-state index in [1.807, 2.05) is 6.07 Å². The molecule has 1 aliphatic rings. The number of esters is 1. The maximum Gasteiger partial charge on any atom is 0.337 e. The van der Waals surface area contributed by atoms with Gasteiger partial charge in [0.05, 0.1) is 34.8 Å². The average molecular weight is 340 g/mol. The Kier molecular flexibility index (Phi) is 5.28. The summed E-state index contributed by atoms with van der Waals surface area (Å²) in [5, 5.41) is 21.8. The molecule has 1 aliphatic heterocycles. The van der Waals surface area contributed by atoms with Gasteiger partial charge in [-0.1, -0.05) is 12.1 Å². The van der Waals surface area contributed by atoms with Crippen molar-refractivity contribution in [1.29, 1.82) is 5.26 Å². The van der Waals surface area contributed by atoms with Crippen LogP contribution in [-0.2, 0) is 14.3 Å². The summed E-state index contributed by atoms with van der Waals surface area (Å²) in [6.07, 6.45) is -0.334. The first-order valence-electron chi connectivity index (χ1n) is 7.89. The Balaban J connectivity index is 2.67. The number of nitrogens with zero attached hydrogens (tertiary/aromatic N) is 1. The minimum Gasteiger partial charge on any atom is -0.478 e. The molecule has 0 aliphatic carbocycles. The molecule has 2 rings (SSSR count). The number of carboxylic acids is 1. The molecule has 25 heavy (non-hydrogen) atoms. The highest BCUT2D eigenvalue weighted by molar-refractivity contribution is 5.99. The number of carbonyl (C=O) groups excluding carboxylic acids is 1. The van der Waals surface area contributed by atoms with E-state index in [2.05, 4.69) is 5.32 Å². The van der Waals surface area contributed by atoms with E-state index in [1.54, 1.807) is 52.0 Å². The first-order valence-corrected chi connectivity index (χ1v) is 7.89. The van der Waals surface area contributed by atoms with Crippen molar-refractivity contribution < 1.29 is 19.4 Å². The van der Waals surface area contributed by atoms with Crippen LogP contribution in [0.2, 0.25) is 0 Å². The van der Waals surface area contributed by atoms with Gasteiger partial charge in [0.25, 0.3) is 0 Å². The molecule has 0 fully saturated rings. The zero-order chi connectivity index (χ0) is 18.7. The van der Waals surface area contributed by atoms with Crippen LogP contribution in [0.3, 0.4) is 0 Å². The molecule has 6 nitrogen and oxygen atoms in total. The predicted octanol–water partition coefficient (Wildman–Crippen LogP) is 2.83. The number of hydrogen-bond acceptors (Lipinski definition) is 5. The Morgan fingerprint density at radius 1 is 1.24 bits per heavy atom. The molecule has 0 saturated carbocycles. The van der Waals surface area contributed by atoms with E-state index in [9.17, 15) is 14.7 Å². The van der Waals surface area contributed by atoms with Crippen molar-refractivity contribution in [3.05, 3.63) is 57.9 Å². The number of hydrogen-bond donors (Lipinski definition) is 2. The fraction of sp³-hybridized carbons (Fsp3) is 0.316. The average Bonchev–Trinajstić information content (AvgIpc) is 2.52. The summed E-state index contributed by atoms with van der Waals surface area (Å²) in [6.45, 7) is 6.82. The fourth-order valence-electron chi connectivity index (χ4n) is 2.95. The molecular formula is C19H20N2O4. The van der Waals surface area contributed by atoms with E-state index in [1.165, 1.54) is 0 Å². The second-order valence-corrected chi connectivity index (χ2v) is 6.13. The van der Waals surface area contributed by atoms with Crippen LogP contribution < -0.4 is 5.32 Å². The first-order chi connectivity index (χ1) is 11.8. The zero-order valence-corrected chi connectivity index (χ0v) is 14.6. The summed E-state index contributed by atoms with van der Waals surface area (Å²) >= 11 is 0.